The number of hydrogen-bond acceptors (Lipinski definition) is 5. The summed E-state index contributed by atoms with van der Waals surface area (Å²) in [6.45, 7) is 3.87. The minimum Gasteiger partial charge on any atom is -0.449 e. The normalized spacial score (nSPS) is 17.6. The van der Waals surface area contributed by atoms with E-state index in [1.165, 1.54) is 30.0 Å². The molecule has 7 nitrogen and oxygen atoms in total. The molecule has 1 aliphatic carbocycles. The van der Waals surface area contributed by atoms with Crippen molar-refractivity contribution >= 4 is 23.7 Å². The number of unbranched alkanes of at least 4 members (excludes halogenated alkanes) is 1. The van der Waals surface area contributed by atoms with Gasteiger partial charge in [-0.2, -0.15) is 0 Å². The number of amides is 3. The fourth-order valence-electron chi connectivity index (χ4n) is 3.61. The van der Waals surface area contributed by atoms with Gasteiger partial charge in [-0.1, -0.05) is 26.2 Å². The molecule has 1 aromatic rings. The van der Waals surface area contributed by atoms with Crippen molar-refractivity contribution in [1.82, 2.24) is 10.2 Å². The maximum absolute atomic E-state index is 12.5. The summed E-state index contributed by atoms with van der Waals surface area (Å²) in [5.74, 6) is -1.74. The molecule has 150 valence electrons. The van der Waals surface area contributed by atoms with Crippen LogP contribution in [-0.2, 0) is 9.53 Å². The lowest BCUT2D eigenvalue weighted by molar-refractivity contribution is -0.129. The molecular formula is C21H26N2O5. The highest BCUT2D eigenvalue weighted by Gasteiger charge is 2.35. The topological polar surface area (TPSA) is 92.8 Å². The number of hydrogen-bond donors (Lipinski definition) is 1. The summed E-state index contributed by atoms with van der Waals surface area (Å²) in [7, 11) is 0. The second-order valence-corrected chi connectivity index (χ2v) is 7.41. The molecule has 1 heterocycles. The standard InChI is InChI=1S/C21H26N2O5/c1-3-4-11-23-19(25)16-10-9-14(12-17(16)20(23)26)21(27)28-13(2)18(24)22-15-7-5-6-8-15/h9-10,12-13,15H,3-8,11H2,1-2H3,(H,22,24). The first-order valence-electron chi connectivity index (χ1n) is 9.94. The van der Waals surface area contributed by atoms with Crippen molar-refractivity contribution in [3.63, 3.8) is 0 Å². The van der Waals surface area contributed by atoms with Gasteiger partial charge in [-0.25, -0.2) is 4.79 Å². The van der Waals surface area contributed by atoms with E-state index in [1.807, 2.05) is 6.92 Å². The van der Waals surface area contributed by atoms with Crippen molar-refractivity contribution in [2.24, 2.45) is 0 Å². The summed E-state index contributed by atoms with van der Waals surface area (Å²) in [6.07, 6.45) is 4.75. The van der Waals surface area contributed by atoms with E-state index in [2.05, 4.69) is 5.32 Å². The van der Waals surface area contributed by atoms with Gasteiger partial charge in [0.05, 0.1) is 16.7 Å². The Labute approximate surface area is 164 Å². The zero-order chi connectivity index (χ0) is 20.3. The van der Waals surface area contributed by atoms with Gasteiger partial charge in [0.25, 0.3) is 17.7 Å². The SMILES string of the molecule is CCCCN1C(=O)c2ccc(C(=O)OC(C)C(=O)NC3CCCC3)cc2C1=O. The molecule has 3 amide bonds. The smallest absolute Gasteiger partial charge is 0.338 e. The molecule has 0 aromatic heterocycles. The molecule has 0 saturated heterocycles. The molecule has 0 bridgehead atoms. The quantitative estimate of drug-likeness (QED) is 0.574. The molecule has 1 aliphatic heterocycles. The van der Waals surface area contributed by atoms with Crippen molar-refractivity contribution in [2.75, 3.05) is 6.54 Å². The summed E-state index contributed by atoms with van der Waals surface area (Å²) in [6, 6.07) is 4.45. The summed E-state index contributed by atoms with van der Waals surface area (Å²) < 4.78 is 5.26. The molecule has 28 heavy (non-hydrogen) atoms. The van der Waals surface area contributed by atoms with Crippen LogP contribution in [0.5, 0.6) is 0 Å². The Morgan fingerprint density at radius 2 is 1.86 bits per heavy atom. The van der Waals surface area contributed by atoms with E-state index in [0.29, 0.717) is 12.1 Å². The number of nitrogens with zero attached hydrogens (tertiary/aromatic N) is 1. The molecule has 1 N–H and O–H groups in total. The number of carbonyl (C=O) groups is 4. The molecule has 0 radical (unpaired) electrons. The molecule has 1 aromatic carbocycles. The van der Waals surface area contributed by atoms with Gasteiger partial charge in [-0.3, -0.25) is 19.3 Å². The summed E-state index contributed by atoms with van der Waals surface area (Å²) >= 11 is 0. The van der Waals surface area contributed by atoms with Crippen molar-refractivity contribution in [1.29, 1.82) is 0 Å². The number of fused-ring (bicyclic) bond motifs is 1. The van der Waals surface area contributed by atoms with E-state index in [-0.39, 0.29) is 29.0 Å². The zero-order valence-electron chi connectivity index (χ0n) is 16.3. The van der Waals surface area contributed by atoms with Crippen molar-refractivity contribution < 1.29 is 23.9 Å². The molecule has 1 atom stereocenters. The average Bonchev–Trinajstić information content (AvgIpc) is 3.27. The second-order valence-electron chi connectivity index (χ2n) is 7.41. The Morgan fingerprint density at radius 1 is 1.18 bits per heavy atom. The molecule has 2 aliphatic rings. The summed E-state index contributed by atoms with van der Waals surface area (Å²) in [5, 5.41) is 2.89. The monoisotopic (exact) mass is 386 g/mol. The number of esters is 1. The van der Waals surface area contributed by atoms with Crippen LogP contribution in [0.2, 0.25) is 0 Å². The zero-order valence-corrected chi connectivity index (χ0v) is 16.3. The first-order valence-corrected chi connectivity index (χ1v) is 9.94. The third kappa shape index (κ3) is 4.08. The Kier molecular flexibility index (Phi) is 6.11. The third-order valence-corrected chi connectivity index (χ3v) is 5.30. The van der Waals surface area contributed by atoms with Gasteiger partial charge in [0.1, 0.15) is 0 Å². The van der Waals surface area contributed by atoms with Crippen molar-refractivity contribution in [2.45, 2.75) is 64.5 Å². The predicted molar refractivity (Wildman–Crippen MR) is 102 cm³/mol. The molecule has 3 rings (SSSR count). The number of ether oxygens (including phenoxy) is 1. The minimum absolute atomic E-state index is 0.145. The van der Waals surface area contributed by atoms with E-state index >= 15 is 0 Å². The first-order chi connectivity index (χ1) is 13.4. The fourth-order valence-corrected chi connectivity index (χ4v) is 3.61. The Bertz CT molecular complexity index is 798. The maximum atomic E-state index is 12.5. The van der Waals surface area contributed by atoms with Gasteiger partial charge in [-0.05, 0) is 44.4 Å². The molecule has 1 fully saturated rings. The van der Waals surface area contributed by atoms with Crippen LogP contribution in [0.15, 0.2) is 18.2 Å². The van der Waals surface area contributed by atoms with E-state index in [9.17, 15) is 19.2 Å². The van der Waals surface area contributed by atoms with Crippen LogP contribution < -0.4 is 5.32 Å². The van der Waals surface area contributed by atoms with Gasteiger partial charge < -0.3 is 10.1 Å². The number of rotatable bonds is 7. The van der Waals surface area contributed by atoms with Gasteiger partial charge in [0.2, 0.25) is 0 Å². The molecule has 1 saturated carbocycles. The van der Waals surface area contributed by atoms with E-state index < -0.39 is 18.0 Å². The van der Waals surface area contributed by atoms with Crippen LogP contribution in [0, 0.1) is 0 Å². The van der Waals surface area contributed by atoms with E-state index in [4.69, 9.17) is 4.74 Å². The third-order valence-electron chi connectivity index (χ3n) is 5.30. The van der Waals surface area contributed by atoms with Crippen LogP contribution in [0.3, 0.4) is 0 Å². The lowest BCUT2D eigenvalue weighted by Gasteiger charge is -2.17. The minimum atomic E-state index is -0.931. The lowest BCUT2D eigenvalue weighted by atomic mass is 10.1. The number of imide groups is 1. The van der Waals surface area contributed by atoms with Crippen molar-refractivity contribution in [3.05, 3.63) is 34.9 Å². The Morgan fingerprint density at radius 3 is 2.54 bits per heavy atom. The maximum Gasteiger partial charge on any atom is 0.338 e. The molecule has 0 spiro atoms. The highest BCUT2D eigenvalue weighted by atomic mass is 16.5. The summed E-state index contributed by atoms with van der Waals surface area (Å²) in [5.41, 5.74) is 0.654. The average molecular weight is 386 g/mol. The largest absolute Gasteiger partial charge is 0.449 e. The highest BCUT2D eigenvalue weighted by Crippen LogP contribution is 2.25. The number of carbonyl (C=O) groups excluding carboxylic acids is 4. The van der Waals surface area contributed by atoms with E-state index in [0.717, 1.165) is 38.5 Å². The van der Waals surface area contributed by atoms with Gasteiger partial charge >= 0.3 is 5.97 Å². The van der Waals surface area contributed by atoms with Crippen LogP contribution in [-0.4, -0.2) is 47.3 Å². The van der Waals surface area contributed by atoms with E-state index in [1.54, 1.807) is 0 Å². The Balaban J connectivity index is 1.65. The number of benzene rings is 1. The number of nitrogens with one attached hydrogen (secondary N) is 1. The van der Waals surface area contributed by atoms with Crippen LogP contribution in [0.1, 0.15) is 83.4 Å². The van der Waals surface area contributed by atoms with Crippen LogP contribution in [0.4, 0.5) is 0 Å². The van der Waals surface area contributed by atoms with Gasteiger partial charge in [0, 0.05) is 12.6 Å². The van der Waals surface area contributed by atoms with Gasteiger partial charge in [0.15, 0.2) is 6.10 Å². The fraction of sp³-hybridized carbons (Fsp3) is 0.524. The predicted octanol–water partition coefficient (Wildman–Crippen LogP) is 2.69. The molecule has 1 unspecified atom stereocenters. The van der Waals surface area contributed by atoms with Gasteiger partial charge in [-0.15, -0.1) is 0 Å². The molecular weight excluding hydrogens is 360 g/mol. The summed E-state index contributed by atoms with van der Waals surface area (Å²) in [4.78, 5) is 50.7. The van der Waals surface area contributed by atoms with Crippen LogP contribution in [0.25, 0.3) is 0 Å². The first kappa shape index (κ1) is 20.0. The molecule has 7 heteroatoms. The highest BCUT2D eigenvalue weighted by molar-refractivity contribution is 6.22. The van der Waals surface area contributed by atoms with Crippen molar-refractivity contribution in [3.8, 4) is 0 Å². The van der Waals surface area contributed by atoms with Crippen LogP contribution >= 0.6 is 0 Å². The Hall–Kier alpha value is -2.70. The second kappa shape index (κ2) is 8.54. The lowest BCUT2D eigenvalue weighted by Crippen LogP contribution is -2.40.